The van der Waals surface area contributed by atoms with Crippen LogP contribution in [-0.2, 0) is 19.6 Å². The zero-order valence-corrected chi connectivity index (χ0v) is 15.4. The Hall–Kier alpha value is -2.46. The number of hydrogen-bond donors (Lipinski definition) is 3. The summed E-state index contributed by atoms with van der Waals surface area (Å²) in [5.41, 5.74) is 0.295. The maximum atomic E-state index is 12.6. The Morgan fingerprint density at radius 2 is 1.89 bits per heavy atom. The van der Waals surface area contributed by atoms with Crippen molar-refractivity contribution in [2.75, 3.05) is 19.6 Å². The molecule has 3 N–H and O–H groups in total. The van der Waals surface area contributed by atoms with E-state index in [2.05, 4.69) is 10.6 Å². The number of aliphatic carboxylic acids is 1. The minimum Gasteiger partial charge on any atom is -0.481 e. The lowest BCUT2D eigenvalue weighted by molar-refractivity contribution is -0.141. The van der Waals surface area contributed by atoms with E-state index in [1.165, 1.54) is 24.3 Å². The number of nitrogens with one attached hydrogen (secondary N) is 2. The summed E-state index contributed by atoms with van der Waals surface area (Å²) in [5.74, 6) is -2.01. The lowest BCUT2D eigenvalue weighted by Gasteiger charge is -2.25. The van der Waals surface area contributed by atoms with Gasteiger partial charge in [-0.05, 0) is 43.5 Å². The summed E-state index contributed by atoms with van der Waals surface area (Å²) < 4.78 is 26.3. The van der Waals surface area contributed by atoms with Crippen LogP contribution in [0.2, 0.25) is 0 Å². The number of sulfonamides is 1. The van der Waals surface area contributed by atoms with Gasteiger partial charge in [-0.15, -0.1) is 0 Å². The Kier molecular flexibility index (Phi) is 5.47. The number of piperazine rings is 1. The monoisotopic (exact) mass is 395 g/mol. The van der Waals surface area contributed by atoms with Crippen LogP contribution in [0.5, 0.6) is 0 Å². The van der Waals surface area contributed by atoms with Crippen LogP contribution in [0, 0.1) is 5.92 Å². The summed E-state index contributed by atoms with van der Waals surface area (Å²) in [6.07, 6.45) is 1.53. The maximum Gasteiger partial charge on any atom is 0.306 e. The molecule has 1 heterocycles. The van der Waals surface area contributed by atoms with Crippen LogP contribution in [0.15, 0.2) is 29.2 Å². The summed E-state index contributed by atoms with van der Waals surface area (Å²) in [5, 5.41) is 14.4. The molecule has 9 nitrogen and oxygen atoms in total. The minimum absolute atomic E-state index is 0.0144. The van der Waals surface area contributed by atoms with Crippen molar-refractivity contribution in [2.24, 2.45) is 5.92 Å². The van der Waals surface area contributed by atoms with E-state index in [0.29, 0.717) is 24.8 Å². The number of carbonyl (C=O) groups is 3. The van der Waals surface area contributed by atoms with E-state index >= 15 is 0 Å². The molecule has 146 valence electrons. The van der Waals surface area contributed by atoms with Gasteiger partial charge in [0.1, 0.15) is 0 Å². The molecule has 1 aromatic rings. The molecule has 0 aromatic heterocycles. The predicted molar refractivity (Wildman–Crippen MR) is 94.4 cm³/mol. The van der Waals surface area contributed by atoms with Crippen molar-refractivity contribution < 1.29 is 27.9 Å². The number of benzene rings is 1. The van der Waals surface area contributed by atoms with Gasteiger partial charge in [0.25, 0.3) is 5.91 Å². The molecule has 1 saturated carbocycles. The van der Waals surface area contributed by atoms with Gasteiger partial charge in [-0.2, -0.15) is 4.31 Å². The van der Waals surface area contributed by atoms with Gasteiger partial charge in [-0.25, -0.2) is 8.42 Å². The predicted octanol–water partition coefficient (Wildman–Crippen LogP) is -0.210. The molecule has 0 bridgehead atoms. The molecule has 1 saturated heterocycles. The van der Waals surface area contributed by atoms with Crippen LogP contribution in [0.4, 0.5) is 0 Å². The van der Waals surface area contributed by atoms with Crippen molar-refractivity contribution in [1.82, 2.24) is 14.9 Å². The van der Waals surface area contributed by atoms with E-state index in [1.807, 2.05) is 0 Å². The third-order valence-corrected chi connectivity index (χ3v) is 6.73. The fraction of sp³-hybridized carbons (Fsp3) is 0.471. The average Bonchev–Trinajstić information content (AvgIpc) is 3.10. The number of carboxylic acid groups (broad SMARTS) is 1. The van der Waals surface area contributed by atoms with Gasteiger partial charge in [0.2, 0.25) is 15.9 Å². The fourth-order valence-corrected chi connectivity index (χ4v) is 4.75. The first-order chi connectivity index (χ1) is 12.8. The first-order valence-electron chi connectivity index (χ1n) is 8.68. The molecule has 2 aliphatic rings. The summed E-state index contributed by atoms with van der Waals surface area (Å²) >= 11 is 0. The van der Waals surface area contributed by atoms with Crippen LogP contribution in [0.25, 0.3) is 0 Å². The highest BCUT2D eigenvalue weighted by molar-refractivity contribution is 7.89. The van der Waals surface area contributed by atoms with Gasteiger partial charge < -0.3 is 15.7 Å². The molecule has 3 rings (SSSR count). The third-order valence-electron chi connectivity index (χ3n) is 4.87. The van der Waals surface area contributed by atoms with Gasteiger partial charge in [0, 0.05) is 24.7 Å². The zero-order valence-electron chi connectivity index (χ0n) is 14.6. The quantitative estimate of drug-likeness (QED) is 0.632. The van der Waals surface area contributed by atoms with Crippen LogP contribution in [-0.4, -0.2) is 61.3 Å². The third kappa shape index (κ3) is 4.28. The molecule has 2 amide bonds. The normalized spacial score (nSPS) is 23.6. The zero-order chi connectivity index (χ0) is 19.6. The lowest BCUT2D eigenvalue weighted by Crippen LogP contribution is -2.49. The van der Waals surface area contributed by atoms with Gasteiger partial charge >= 0.3 is 5.97 Å². The Balaban J connectivity index is 1.65. The van der Waals surface area contributed by atoms with Crippen LogP contribution in [0.1, 0.15) is 29.6 Å². The molecule has 2 fully saturated rings. The van der Waals surface area contributed by atoms with E-state index in [-0.39, 0.29) is 42.4 Å². The van der Waals surface area contributed by atoms with Crippen molar-refractivity contribution in [2.45, 2.75) is 30.2 Å². The highest BCUT2D eigenvalue weighted by atomic mass is 32.2. The van der Waals surface area contributed by atoms with Crippen molar-refractivity contribution in [1.29, 1.82) is 0 Å². The smallest absolute Gasteiger partial charge is 0.306 e. The van der Waals surface area contributed by atoms with Crippen LogP contribution < -0.4 is 10.6 Å². The number of amides is 2. The summed E-state index contributed by atoms with van der Waals surface area (Å²) in [6.45, 7) is 0.233. The maximum absolute atomic E-state index is 12.6. The van der Waals surface area contributed by atoms with Crippen molar-refractivity contribution >= 4 is 27.8 Å². The Morgan fingerprint density at radius 3 is 2.48 bits per heavy atom. The molecule has 10 heteroatoms. The van der Waals surface area contributed by atoms with E-state index in [4.69, 9.17) is 5.11 Å². The fourth-order valence-electron chi connectivity index (χ4n) is 3.35. The highest BCUT2D eigenvalue weighted by Gasteiger charge is 2.31. The Labute approximate surface area is 156 Å². The van der Waals surface area contributed by atoms with Gasteiger partial charge in [0.05, 0.1) is 17.4 Å². The highest BCUT2D eigenvalue weighted by Crippen LogP contribution is 2.26. The molecule has 1 aromatic carbocycles. The second kappa shape index (κ2) is 7.65. The SMILES string of the molecule is O=C1CN(S(=O)(=O)c2ccc(C(=O)N[C@@H]3CC[C@H](C(=O)O)C3)cc2)CCN1. The number of carboxylic acids is 1. The standard InChI is InChI=1S/C17H21N3O6S/c21-15-10-20(8-7-18-15)27(25,26)14-5-2-11(3-6-14)16(22)19-13-4-1-12(9-13)17(23)24/h2-3,5-6,12-13H,1,4,7-10H2,(H,18,21)(H,19,22)(H,23,24)/t12-,13+/m0/s1. The van der Waals surface area contributed by atoms with Crippen LogP contribution >= 0.6 is 0 Å². The van der Waals surface area contributed by atoms with Crippen molar-refractivity contribution in [3.63, 3.8) is 0 Å². The van der Waals surface area contributed by atoms with Crippen molar-refractivity contribution in [3.8, 4) is 0 Å². The first kappa shape index (κ1) is 19.3. The molecule has 27 heavy (non-hydrogen) atoms. The van der Waals surface area contributed by atoms with Crippen LogP contribution in [0.3, 0.4) is 0 Å². The molecular formula is C17H21N3O6S. The van der Waals surface area contributed by atoms with E-state index in [0.717, 1.165) is 4.31 Å². The lowest BCUT2D eigenvalue weighted by atomic mass is 10.1. The largest absolute Gasteiger partial charge is 0.481 e. The molecule has 1 aliphatic carbocycles. The Bertz CT molecular complexity index is 852. The first-order valence-corrected chi connectivity index (χ1v) is 10.1. The van der Waals surface area contributed by atoms with Crippen molar-refractivity contribution in [3.05, 3.63) is 29.8 Å². The topological polar surface area (TPSA) is 133 Å². The van der Waals surface area contributed by atoms with E-state index in [9.17, 15) is 22.8 Å². The number of nitrogens with zero attached hydrogens (tertiary/aromatic N) is 1. The van der Waals surface area contributed by atoms with Gasteiger partial charge in [0.15, 0.2) is 0 Å². The summed E-state index contributed by atoms with van der Waals surface area (Å²) in [4.78, 5) is 34.7. The summed E-state index contributed by atoms with van der Waals surface area (Å²) in [7, 11) is -3.80. The molecular weight excluding hydrogens is 374 g/mol. The average molecular weight is 395 g/mol. The molecule has 0 spiro atoms. The number of hydrogen-bond acceptors (Lipinski definition) is 5. The second-order valence-electron chi connectivity index (χ2n) is 6.73. The summed E-state index contributed by atoms with van der Waals surface area (Å²) in [6, 6.07) is 5.30. The number of carbonyl (C=O) groups excluding carboxylic acids is 2. The van der Waals surface area contributed by atoms with Gasteiger partial charge in [-0.3, -0.25) is 14.4 Å². The molecule has 1 aliphatic heterocycles. The molecule has 2 atom stereocenters. The van der Waals surface area contributed by atoms with Gasteiger partial charge in [-0.1, -0.05) is 0 Å². The minimum atomic E-state index is -3.80. The Morgan fingerprint density at radius 1 is 1.19 bits per heavy atom. The van der Waals surface area contributed by atoms with E-state index < -0.39 is 21.9 Å². The number of rotatable bonds is 5. The van der Waals surface area contributed by atoms with E-state index in [1.54, 1.807) is 0 Å². The second-order valence-corrected chi connectivity index (χ2v) is 8.67. The molecule has 0 radical (unpaired) electrons. The molecule has 0 unspecified atom stereocenters.